The first kappa shape index (κ1) is 17.5. The van der Waals surface area contributed by atoms with Gasteiger partial charge in [0.05, 0.1) is 0 Å². The Hall–Kier alpha value is -2.34. The van der Waals surface area contributed by atoms with Crippen molar-refractivity contribution in [2.45, 2.75) is 46.2 Å². The smallest absolute Gasteiger partial charge is 0.318 e. The summed E-state index contributed by atoms with van der Waals surface area (Å²) in [6.07, 6.45) is 2.68. The Kier molecular flexibility index (Phi) is 5.08. The molecule has 0 aliphatic rings. The van der Waals surface area contributed by atoms with Crippen LogP contribution in [-0.4, -0.2) is 19.1 Å². The number of H-pyrrole nitrogens is 1. The van der Waals surface area contributed by atoms with Crippen molar-refractivity contribution in [2.75, 3.05) is 0 Å². The topological polar surface area (TPSA) is 72.7 Å². The molecule has 2 heterocycles. The number of nitrogens with zero attached hydrogens (tertiary/aromatic N) is 3. The van der Waals surface area contributed by atoms with E-state index in [1.165, 1.54) is 0 Å². The van der Waals surface area contributed by atoms with Gasteiger partial charge in [-0.3, -0.25) is 14.3 Å². The molecule has 2 aromatic heterocycles. The molecule has 0 fully saturated rings. The number of rotatable bonds is 6. The average Bonchev–Trinajstić information content (AvgIpc) is 2.97. The highest BCUT2D eigenvalue weighted by atomic mass is 35.5. The molecule has 0 radical (unpaired) electrons. The molecule has 25 heavy (non-hydrogen) atoms. The van der Waals surface area contributed by atoms with E-state index in [-0.39, 0.29) is 0 Å². The van der Waals surface area contributed by atoms with Crippen LogP contribution in [-0.2, 0) is 13.1 Å². The van der Waals surface area contributed by atoms with Crippen LogP contribution >= 0.6 is 11.6 Å². The van der Waals surface area contributed by atoms with Crippen LogP contribution in [0.2, 0.25) is 5.02 Å². The van der Waals surface area contributed by atoms with Crippen molar-refractivity contribution >= 4 is 22.8 Å². The second kappa shape index (κ2) is 7.27. The lowest BCUT2D eigenvalue weighted by Gasteiger charge is -2.08. The van der Waals surface area contributed by atoms with Crippen LogP contribution < -0.4 is 11.2 Å². The zero-order valence-electron chi connectivity index (χ0n) is 14.4. The summed E-state index contributed by atoms with van der Waals surface area (Å²) in [6, 6.07) is 7.35. The minimum absolute atomic E-state index is 0.392. The van der Waals surface area contributed by atoms with Gasteiger partial charge in [0.2, 0.25) is 0 Å². The molecule has 7 heteroatoms. The standard InChI is InChI=1S/C18H21ClN4O2/c1-3-5-11-22-14-16(23(10-4-2)18(25)21-17(14)24)20-15(22)12-6-8-13(19)9-7-12/h6-9H,3-5,10-11H2,1-2H3,(H,21,24,25). The molecule has 3 aromatic rings. The number of nitrogens with one attached hydrogen (secondary N) is 1. The molecule has 0 aliphatic carbocycles. The van der Waals surface area contributed by atoms with Crippen molar-refractivity contribution in [3.63, 3.8) is 0 Å². The molecule has 132 valence electrons. The summed E-state index contributed by atoms with van der Waals surface area (Å²) in [5, 5.41) is 0.640. The summed E-state index contributed by atoms with van der Waals surface area (Å²) in [6.45, 7) is 5.26. The average molecular weight is 361 g/mol. The lowest BCUT2D eigenvalue weighted by molar-refractivity contribution is 0.640. The van der Waals surface area contributed by atoms with Crippen LogP contribution in [0.5, 0.6) is 0 Å². The van der Waals surface area contributed by atoms with E-state index >= 15 is 0 Å². The van der Waals surface area contributed by atoms with Gasteiger partial charge >= 0.3 is 5.69 Å². The zero-order chi connectivity index (χ0) is 18.0. The molecule has 0 unspecified atom stereocenters. The molecule has 1 aromatic carbocycles. The predicted molar refractivity (Wildman–Crippen MR) is 100 cm³/mol. The van der Waals surface area contributed by atoms with Gasteiger partial charge in [-0.2, -0.15) is 0 Å². The Labute approximate surface area is 150 Å². The van der Waals surface area contributed by atoms with Gasteiger partial charge in [0.1, 0.15) is 5.82 Å². The third-order valence-corrected chi connectivity index (χ3v) is 4.42. The van der Waals surface area contributed by atoms with Crippen LogP contribution in [0.4, 0.5) is 0 Å². The Morgan fingerprint density at radius 2 is 1.76 bits per heavy atom. The molecule has 0 amide bonds. The van der Waals surface area contributed by atoms with Gasteiger partial charge in [0.15, 0.2) is 11.2 Å². The minimum Gasteiger partial charge on any atom is -0.318 e. The maximum Gasteiger partial charge on any atom is 0.330 e. The fourth-order valence-electron chi connectivity index (χ4n) is 2.96. The molecule has 0 bridgehead atoms. The lowest BCUT2D eigenvalue weighted by Crippen LogP contribution is -2.31. The van der Waals surface area contributed by atoms with Crippen LogP contribution in [0.1, 0.15) is 33.1 Å². The summed E-state index contributed by atoms with van der Waals surface area (Å²) in [4.78, 5) is 31.8. The second-order valence-electron chi connectivity index (χ2n) is 6.03. The molecule has 0 saturated carbocycles. The number of halogens is 1. The number of aromatic nitrogens is 4. The van der Waals surface area contributed by atoms with Gasteiger partial charge in [-0.05, 0) is 37.1 Å². The minimum atomic E-state index is -0.415. The fraction of sp³-hybridized carbons (Fsp3) is 0.389. The maximum absolute atomic E-state index is 12.5. The summed E-state index contributed by atoms with van der Waals surface area (Å²) >= 11 is 5.99. The molecule has 3 rings (SSSR count). The normalized spacial score (nSPS) is 11.3. The largest absolute Gasteiger partial charge is 0.330 e. The Balaban J connectivity index is 2.33. The summed E-state index contributed by atoms with van der Waals surface area (Å²) < 4.78 is 3.45. The summed E-state index contributed by atoms with van der Waals surface area (Å²) in [5.74, 6) is 0.682. The summed E-state index contributed by atoms with van der Waals surface area (Å²) in [5.41, 5.74) is 0.952. The molecule has 1 N–H and O–H groups in total. The number of unbranched alkanes of at least 4 members (excludes halogenated alkanes) is 1. The highest BCUT2D eigenvalue weighted by Gasteiger charge is 2.19. The fourth-order valence-corrected chi connectivity index (χ4v) is 3.08. The zero-order valence-corrected chi connectivity index (χ0v) is 15.1. The number of fused-ring (bicyclic) bond motifs is 1. The first-order chi connectivity index (χ1) is 12.1. The van der Waals surface area contributed by atoms with Crippen LogP contribution in [0.3, 0.4) is 0 Å². The van der Waals surface area contributed by atoms with Gasteiger partial charge in [-0.15, -0.1) is 0 Å². The highest BCUT2D eigenvalue weighted by Crippen LogP contribution is 2.24. The molecular weight excluding hydrogens is 340 g/mol. The lowest BCUT2D eigenvalue weighted by atomic mass is 10.2. The van der Waals surface area contributed by atoms with Crippen LogP contribution in [0.15, 0.2) is 33.9 Å². The summed E-state index contributed by atoms with van der Waals surface area (Å²) in [7, 11) is 0. The van der Waals surface area contributed by atoms with E-state index in [4.69, 9.17) is 11.6 Å². The SMILES string of the molecule is CCCCn1c(-c2ccc(Cl)cc2)nc2c1c(=O)[nH]c(=O)n2CCC. The number of hydrogen-bond acceptors (Lipinski definition) is 3. The number of hydrogen-bond donors (Lipinski definition) is 1. The van der Waals surface area contributed by atoms with E-state index in [0.29, 0.717) is 35.1 Å². The van der Waals surface area contributed by atoms with Gasteiger partial charge in [0.25, 0.3) is 5.56 Å². The maximum atomic E-state index is 12.5. The van der Waals surface area contributed by atoms with Crippen molar-refractivity contribution in [2.24, 2.45) is 0 Å². The molecule has 0 atom stereocenters. The van der Waals surface area contributed by atoms with Gasteiger partial charge in [-0.1, -0.05) is 31.9 Å². The van der Waals surface area contributed by atoms with E-state index in [9.17, 15) is 9.59 Å². The van der Waals surface area contributed by atoms with Gasteiger partial charge in [0, 0.05) is 23.7 Å². The Morgan fingerprint density at radius 3 is 2.40 bits per heavy atom. The van der Waals surface area contributed by atoms with E-state index in [1.54, 1.807) is 16.7 Å². The molecule has 0 spiro atoms. The third-order valence-electron chi connectivity index (χ3n) is 4.17. The van der Waals surface area contributed by atoms with Crippen molar-refractivity contribution in [3.05, 3.63) is 50.1 Å². The third kappa shape index (κ3) is 3.26. The van der Waals surface area contributed by atoms with Crippen molar-refractivity contribution in [3.8, 4) is 11.4 Å². The van der Waals surface area contributed by atoms with Gasteiger partial charge < -0.3 is 4.57 Å². The van der Waals surface area contributed by atoms with E-state index in [2.05, 4.69) is 16.9 Å². The van der Waals surface area contributed by atoms with E-state index in [1.807, 2.05) is 23.6 Å². The second-order valence-corrected chi connectivity index (χ2v) is 6.47. The molecule has 0 aliphatic heterocycles. The van der Waals surface area contributed by atoms with E-state index < -0.39 is 11.2 Å². The first-order valence-electron chi connectivity index (χ1n) is 8.56. The van der Waals surface area contributed by atoms with Crippen LogP contribution in [0, 0.1) is 0 Å². The molecule has 6 nitrogen and oxygen atoms in total. The molecule has 0 saturated heterocycles. The highest BCUT2D eigenvalue weighted by molar-refractivity contribution is 6.30. The Bertz CT molecular complexity index is 999. The molecular formula is C18H21ClN4O2. The van der Waals surface area contributed by atoms with E-state index in [0.717, 1.165) is 24.8 Å². The number of benzene rings is 1. The first-order valence-corrected chi connectivity index (χ1v) is 8.93. The number of aryl methyl sites for hydroxylation is 2. The van der Waals surface area contributed by atoms with Crippen molar-refractivity contribution in [1.29, 1.82) is 0 Å². The number of aromatic amines is 1. The Morgan fingerprint density at radius 1 is 1.04 bits per heavy atom. The van der Waals surface area contributed by atoms with Crippen molar-refractivity contribution in [1.82, 2.24) is 19.1 Å². The van der Waals surface area contributed by atoms with Crippen LogP contribution in [0.25, 0.3) is 22.6 Å². The van der Waals surface area contributed by atoms with Crippen molar-refractivity contribution < 1.29 is 0 Å². The quantitative estimate of drug-likeness (QED) is 0.732. The predicted octanol–water partition coefficient (Wildman–Crippen LogP) is 3.42. The monoisotopic (exact) mass is 360 g/mol. The van der Waals surface area contributed by atoms with Gasteiger partial charge in [-0.25, -0.2) is 9.78 Å². The number of imidazole rings is 1.